The van der Waals surface area contributed by atoms with Gasteiger partial charge in [-0.1, -0.05) is 37.7 Å². The molecule has 5 nitrogen and oxygen atoms in total. The molecule has 0 fully saturated rings. The molecule has 1 aromatic heterocycles. The van der Waals surface area contributed by atoms with Gasteiger partial charge in [-0.25, -0.2) is 9.78 Å². The van der Waals surface area contributed by atoms with Gasteiger partial charge in [0, 0.05) is 22.1 Å². The Bertz CT molecular complexity index is 735. The number of esters is 1. The minimum atomic E-state index is -0.528. The molecular formula is C18H19BrN2O3S. The van der Waals surface area contributed by atoms with E-state index >= 15 is 0 Å². The fraction of sp³-hybridized carbons (Fsp3) is 0.278. The smallest absolute Gasteiger partial charge is 0.339 e. The zero-order valence-corrected chi connectivity index (χ0v) is 16.4. The molecule has 1 aromatic carbocycles. The second-order valence-electron chi connectivity index (χ2n) is 5.69. The summed E-state index contributed by atoms with van der Waals surface area (Å²) in [5.41, 5.74) is 0.411. The van der Waals surface area contributed by atoms with Gasteiger partial charge in [-0.3, -0.25) is 4.79 Å². The zero-order chi connectivity index (χ0) is 18.2. The molecule has 2 aromatic rings. The van der Waals surface area contributed by atoms with Crippen molar-refractivity contribution in [3.05, 3.63) is 52.6 Å². The van der Waals surface area contributed by atoms with Crippen molar-refractivity contribution in [3.8, 4) is 0 Å². The molecule has 0 unspecified atom stereocenters. The monoisotopic (exact) mass is 422 g/mol. The molecule has 1 heterocycles. The van der Waals surface area contributed by atoms with Crippen molar-refractivity contribution in [2.75, 3.05) is 13.2 Å². The summed E-state index contributed by atoms with van der Waals surface area (Å²) in [7, 11) is 0. The number of aromatic nitrogens is 1. The summed E-state index contributed by atoms with van der Waals surface area (Å²) in [5.74, 6) is -0.489. The van der Waals surface area contributed by atoms with Gasteiger partial charge >= 0.3 is 5.97 Å². The quantitative estimate of drug-likeness (QED) is 0.684. The van der Waals surface area contributed by atoms with E-state index in [0.29, 0.717) is 18.0 Å². The van der Waals surface area contributed by atoms with Gasteiger partial charge in [-0.05, 0) is 46.1 Å². The Balaban J connectivity index is 2.00. The van der Waals surface area contributed by atoms with Gasteiger partial charge in [-0.15, -0.1) is 0 Å². The Kier molecular flexibility index (Phi) is 7.46. The highest BCUT2D eigenvalue weighted by Gasteiger charge is 2.15. The fourth-order valence-electron chi connectivity index (χ4n) is 1.84. The van der Waals surface area contributed by atoms with Crippen molar-refractivity contribution in [2.45, 2.75) is 23.8 Å². The highest BCUT2D eigenvalue weighted by molar-refractivity contribution is 9.10. The van der Waals surface area contributed by atoms with E-state index in [1.807, 2.05) is 38.1 Å². The summed E-state index contributed by atoms with van der Waals surface area (Å²) in [6.07, 6.45) is 1.70. The van der Waals surface area contributed by atoms with Gasteiger partial charge in [-0.2, -0.15) is 0 Å². The highest BCUT2D eigenvalue weighted by atomic mass is 79.9. The fourth-order valence-corrected chi connectivity index (χ4v) is 2.95. The molecule has 1 amide bonds. The van der Waals surface area contributed by atoms with Crippen LogP contribution in [0.3, 0.4) is 0 Å². The van der Waals surface area contributed by atoms with E-state index in [1.54, 1.807) is 18.3 Å². The summed E-state index contributed by atoms with van der Waals surface area (Å²) >= 11 is 4.71. The first kappa shape index (κ1) is 19.5. The molecule has 0 aliphatic heterocycles. The average Bonchev–Trinajstić information content (AvgIpc) is 2.60. The van der Waals surface area contributed by atoms with Crippen LogP contribution in [0, 0.1) is 5.92 Å². The number of carbonyl (C=O) groups is 2. The second kappa shape index (κ2) is 9.58. The van der Waals surface area contributed by atoms with Crippen LogP contribution in [0.25, 0.3) is 0 Å². The molecule has 0 radical (unpaired) electrons. The molecule has 0 saturated heterocycles. The van der Waals surface area contributed by atoms with E-state index in [4.69, 9.17) is 4.74 Å². The SMILES string of the molecule is CC(C)CNC(=O)COC(=O)c1ccccc1Sc1ccc(Br)cn1. The van der Waals surface area contributed by atoms with Crippen molar-refractivity contribution in [1.82, 2.24) is 10.3 Å². The van der Waals surface area contributed by atoms with Gasteiger partial charge in [0.1, 0.15) is 5.03 Å². The molecule has 132 valence electrons. The third-order valence-electron chi connectivity index (χ3n) is 3.06. The first-order valence-corrected chi connectivity index (χ1v) is 9.39. The van der Waals surface area contributed by atoms with E-state index in [2.05, 4.69) is 26.2 Å². The van der Waals surface area contributed by atoms with E-state index in [0.717, 1.165) is 14.4 Å². The number of halogens is 1. The van der Waals surface area contributed by atoms with Gasteiger partial charge in [0.25, 0.3) is 5.91 Å². The van der Waals surface area contributed by atoms with E-state index in [-0.39, 0.29) is 12.5 Å². The number of pyridine rings is 1. The largest absolute Gasteiger partial charge is 0.452 e. The lowest BCUT2D eigenvalue weighted by molar-refractivity contribution is -0.124. The van der Waals surface area contributed by atoms with Crippen molar-refractivity contribution >= 4 is 39.6 Å². The number of nitrogens with one attached hydrogen (secondary N) is 1. The lowest BCUT2D eigenvalue weighted by atomic mass is 10.2. The summed E-state index contributed by atoms with van der Waals surface area (Å²) in [6.45, 7) is 4.25. The van der Waals surface area contributed by atoms with Gasteiger partial charge < -0.3 is 10.1 Å². The van der Waals surface area contributed by atoms with Crippen LogP contribution in [-0.2, 0) is 9.53 Å². The Hall–Kier alpha value is -1.86. The average molecular weight is 423 g/mol. The van der Waals surface area contributed by atoms with Crippen LogP contribution in [0.1, 0.15) is 24.2 Å². The Morgan fingerprint density at radius 2 is 2.00 bits per heavy atom. The number of nitrogens with zero attached hydrogens (tertiary/aromatic N) is 1. The van der Waals surface area contributed by atoms with Crippen LogP contribution < -0.4 is 5.32 Å². The van der Waals surface area contributed by atoms with Crippen molar-refractivity contribution < 1.29 is 14.3 Å². The summed E-state index contributed by atoms with van der Waals surface area (Å²) in [6, 6.07) is 10.8. The molecule has 2 rings (SSSR count). The normalized spacial score (nSPS) is 10.6. The molecule has 0 aliphatic carbocycles. The zero-order valence-electron chi connectivity index (χ0n) is 14.0. The first-order chi connectivity index (χ1) is 12.0. The Morgan fingerprint density at radius 1 is 1.24 bits per heavy atom. The predicted molar refractivity (Wildman–Crippen MR) is 101 cm³/mol. The molecule has 0 atom stereocenters. The number of carbonyl (C=O) groups excluding carboxylic acids is 2. The molecule has 0 saturated carbocycles. The number of hydrogen-bond acceptors (Lipinski definition) is 5. The number of ether oxygens (including phenoxy) is 1. The minimum absolute atomic E-state index is 0.291. The van der Waals surface area contributed by atoms with E-state index < -0.39 is 5.97 Å². The van der Waals surface area contributed by atoms with Crippen LogP contribution in [0.5, 0.6) is 0 Å². The Labute approximate surface area is 159 Å². The van der Waals surface area contributed by atoms with Gasteiger partial charge in [0.15, 0.2) is 6.61 Å². The van der Waals surface area contributed by atoms with Gasteiger partial charge in [0.2, 0.25) is 0 Å². The third kappa shape index (κ3) is 6.51. The van der Waals surface area contributed by atoms with Crippen molar-refractivity contribution in [3.63, 3.8) is 0 Å². The molecular weight excluding hydrogens is 404 g/mol. The second-order valence-corrected chi connectivity index (χ2v) is 7.66. The van der Waals surface area contributed by atoms with Crippen molar-refractivity contribution in [1.29, 1.82) is 0 Å². The number of rotatable bonds is 7. The topological polar surface area (TPSA) is 68.3 Å². The molecule has 7 heteroatoms. The molecule has 0 spiro atoms. The van der Waals surface area contributed by atoms with Crippen LogP contribution in [-0.4, -0.2) is 30.0 Å². The molecule has 0 bridgehead atoms. The third-order valence-corrected chi connectivity index (χ3v) is 4.56. The van der Waals surface area contributed by atoms with Crippen LogP contribution in [0.4, 0.5) is 0 Å². The molecule has 1 N–H and O–H groups in total. The lowest BCUT2D eigenvalue weighted by Crippen LogP contribution is -2.31. The standard InChI is InChI=1S/C18H19BrN2O3S/c1-12(2)9-20-16(22)11-24-18(23)14-5-3-4-6-15(14)25-17-8-7-13(19)10-21-17/h3-8,10,12H,9,11H2,1-2H3,(H,20,22). The highest BCUT2D eigenvalue weighted by Crippen LogP contribution is 2.30. The minimum Gasteiger partial charge on any atom is -0.452 e. The number of benzene rings is 1. The predicted octanol–water partition coefficient (Wildman–Crippen LogP) is 3.92. The number of amides is 1. The van der Waals surface area contributed by atoms with E-state index in [9.17, 15) is 9.59 Å². The van der Waals surface area contributed by atoms with Crippen LogP contribution >= 0.6 is 27.7 Å². The Morgan fingerprint density at radius 3 is 2.68 bits per heavy atom. The summed E-state index contributed by atoms with van der Waals surface area (Å²) in [4.78, 5) is 29.0. The van der Waals surface area contributed by atoms with Crippen LogP contribution in [0.2, 0.25) is 0 Å². The summed E-state index contributed by atoms with van der Waals surface area (Å²) < 4.78 is 6.01. The lowest BCUT2D eigenvalue weighted by Gasteiger charge is -2.10. The summed E-state index contributed by atoms with van der Waals surface area (Å²) in [5, 5.41) is 3.47. The first-order valence-electron chi connectivity index (χ1n) is 7.78. The number of hydrogen-bond donors (Lipinski definition) is 1. The maximum atomic E-state index is 12.3. The van der Waals surface area contributed by atoms with Gasteiger partial charge in [0.05, 0.1) is 5.56 Å². The maximum absolute atomic E-state index is 12.3. The van der Waals surface area contributed by atoms with Crippen LogP contribution in [0.15, 0.2) is 57.0 Å². The van der Waals surface area contributed by atoms with Crippen molar-refractivity contribution in [2.24, 2.45) is 5.92 Å². The maximum Gasteiger partial charge on any atom is 0.339 e. The molecule has 25 heavy (non-hydrogen) atoms. The molecule has 0 aliphatic rings. The van der Waals surface area contributed by atoms with E-state index in [1.165, 1.54) is 11.8 Å².